The van der Waals surface area contributed by atoms with Crippen LogP contribution < -0.4 is 5.73 Å². The number of aromatic nitrogens is 6. The van der Waals surface area contributed by atoms with Crippen LogP contribution in [-0.2, 0) is 12.1 Å². The Morgan fingerprint density at radius 2 is 1.81 bits per heavy atom. The van der Waals surface area contributed by atoms with Gasteiger partial charge in [0.25, 0.3) is 0 Å². The Morgan fingerprint density at radius 1 is 1.06 bits per heavy atom. The van der Waals surface area contributed by atoms with Crippen molar-refractivity contribution in [2.75, 3.05) is 5.73 Å². The molecule has 4 aromatic rings. The maximum Gasteiger partial charge on any atom is 0.221 e. The third kappa shape index (κ3) is 4.31. The van der Waals surface area contributed by atoms with Crippen molar-refractivity contribution in [2.45, 2.75) is 32.9 Å². The minimum atomic E-state index is -1.03. The van der Waals surface area contributed by atoms with Gasteiger partial charge in [-0.25, -0.2) is 14.6 Å². The number of nitrogen functional groups attached to an aromatic ring is 1. The van der Waals surface area contributed by atoms with Gasteiger partial charge in [0.1, 0.15) is 11.3 Å². The highest BCUT2D eigenvalue weighted by Crippen LogP contribution is 2.27. The Balaban J connectivity index is 1.65. The lowest BCUT2D eigenvalue weighted by atomic mass is 10.00. The van der Waals surface area contributed by atoms with Crippen molar-refractivity contribution in [2.24, 2.45) is 0 Å². The Kier molecular flexibility index (Phi) is 5.38. The van der Waals surface area contributed by atoms with Crippen LogP contribution in [0, 0.1) is 18.3 Å². The number of benzene rings is 1. The van der Waals surface area contributed by atoms with Crippen LogP contribution in [0.1, 0.15) is 36.4 Å². The molecule has 0 saturated heterocycles. The molecule has 0 radical (unpaired) electrons. The molecular formula is C23H22N8O. The van der Waals surface area contributed by atoms with Crippen LogP contribution in [0.5, 0.6) is 0 Å². The number of hydrogen-bond acceptors (Lipinski definition) is 8. The second-order valence-electron chi connectivity index (χ2n) is 7.96. The fraction of sp³-hybridized carbons (Fsp3) is 0.217. The monoisotopic (exact) mass is 426 g/mol. The molecular weight excluding hydrogens is 404 g/mol. The summed E-state index contributed by atoms with van der Waals surface area (Å²) in [6, 6.07) is 14.9. The van der Waals surface area contributed by atoms with E-state index in [-0.39, 0.29) is 5.95 Å². The molecule has 0 saturated carbocycles. The van der Waals surface area contributed by atoms with Crippen molar-refractivity contribution in [3.05, 3.63) is 71.2 Å². The van der Waals surface area contributed by atoms with Crippen LogP contribution in [0.3, 0.4) is 0 Å². The van der Waals surface area contributed by atoms with Gasteiger partial charge >= 0.3 is 0 Å². The summed E-state index contributed by atoms with van der Waals surface area (Å²) in [4.78, 5) is 13.2. The van der Waals surface area contributed by atoms with Gasteiger partial charge in [-0.05, 0) is 50.6 Å². The molecule has 0 spiro atoms. The van der Waals surface area contributed by atoms with E-state index in [0.29, 0.717) is 34.9 Å². The van der Waals surface area contributed by atoms with Crippen LogP contribution in [0.2, 0.25) is 0 Å². The summed E-state index contributed by atoms with van der Waals surface area (Å²) in [7, 11) is 0. The van der Waals surface area contributed by atoms with Crippen molar-refractivity contribution < 1.29 is 5.11 Å². The van der Waals surface area contributed by atoms with Gasteiger partial charge < -0.3 is 10.8 Å². The lowest BCUT2D eigenvalue weighted by Gasteiger charge is -2.17. The van der Waals surface area contributed by atoms with Gasteiger partial charge in [0, 0.05) is 5.56 Å². The normalized spacial score (nSPS) is 11.3. The molecule has 32 heavy (non-hydrogen) atoms. The molecule has 0 aliphatic heterocycles. The number of hydrogen-bond donors (Lipinski definition) is 2. The quantitative estimate of drug-likeness (QED) is 0.496. The highest BCUT2D eigenvalue weighted by atomic mass is 16.3. The molecule has 3 N–H and O–H groups in total. The summed E-state index contributed by atoms with van der Waals surface area (Å²) in [5.41, 5.74) is 10.1. The van der Waals surface area contributed by atoms with Crippen LogP contribution in [0.25, 0.3) is 22.6 Å². The Bertz CT molecular complexity index is 1330. The third-order valence-electron chi connectivity index (χ3n) is 5.03. The zero-order valence-electron chi connectivity index (χ0n) is 18.0. The van der Waals surface area contributed by atoms with Crippen LogP contribution in [-0.4, -0.2) is 35.1 Å². The van der Waals surface area contributed by atoms with E-state index in [2.05, 4.69) is 31.3 Å². The van der Waals surface area contributed by atoms with Crippen LogP contribution in [0.4, 0.5) is 5.95 Å². The molecule has 160 valence electrons. The Hall–Kier alpha value is -4.16. The molecule has 0 amide bonds. The topological polar surface area (TPSA) is 139 Å². The van der Waals surface area contributed by atoms with Crippen LogP contribution >= 0.6 is 0 Å². The highest BCUT2D eigenvalue weighted by molar-refractivity contribution is 5.71. The fourth-order valence-corrected chi connectivity index (χ4v) is 3.34. The van der Waals surface area contributed by atoms with E-state index in [4.69, 9.17) is 5.73 Å². The number of nitriles is 1. The maximum absolute atomic E-state index is 10.2. The summed E-state index contributed by atoms with van der Waals surface area (Å²) in [5, 5.41) is 27.9. The molecule has 0 atom stereocenters. The molecule has 9 nitrogen and oxygen atoms in total. The van der Waals surface area contributed by atoms with Crippen molar-refractivity contribution >= 4 is 5.95 Å². The molecule has 3 heterocycles. The third-order valence-corrected chi connectivity index (χ3v) is 5.03. The highest BCUT2D eigenvalue weighted by Gasteiger charge is 2.18. The van der Waals surface area contributed by atoms with Gasteiger partial charge in [-0.3, -0.25) is 4.98 Å². The van der Waals surface area contributed by atoms with Gasteiger partial charge in [-0.15, -0.1) is 5.10 Å². The summed E-state index contributed by atoms with van der Waals surface area (Å²) in [5.74, 6) is 0.105. The molecule has 0 bridgehead atoms. The number of aliphatic hydroxyl groups is 1. The lowest BCUT2D eigenvalue weighted by molar-refractivity contribution is 0.0736. The summed E-state index contributed by atoms with van der Waals surface area (Å²) in [6.07, 6.45) is 1.75. The first-order chi connectivity index (χ1) is 15.2. The Labute approximate surface area is 185 Å². The van der Waals surface area contributed by atoms with E-state index in [1.165, 1.54) is 0 Å². The van der Waals surface area contributed by atoms with E-state index in [1.807, 2.05) is 31.2 Å². The zero-order valence-corrected chi connectivity index (χ0v) is 18.0. The number of nitrogens with two attached hydrogens (primary N) is 1. The van der Waals surface area contributed by atoms with E-state index in [9.17, 15) is 10.4 Å². The number of rotatable bonds is 5. The van der Waals surface area contributed by atoms with Crippen molar-refractivity contribution in [1.29, 1.82) is 5.26 Å². The molecule has 9 heteroatoms. The van der Waals surface area contributed by atoms with Gasteiger partial charge in [0.2, 0.25) is 5.95 Å². The van der Waals surface area contributed by atoms with Crippen LogP contribution in [0.15, 0.2) is 48.7 Å². The molecule has 1 aromatic carbocycles. The smallest absolute Gasteiger partial charge is 0.221 e. The van der Waals surface area contributed by atoms with E-state index in [0.717, 1.165) is 16.8 Å². The summed E-state index contributed by atoms with van der Waals surface area (Å²) in [6.45, 7) is 5.64. The molecule has 0 aliphatic rings. The molecule has 0 unspecified atom stereocenters. The SMILES string of the molecule is Cc1c(C#N)cccc1-c1cc(-c2cn(Cc3cccc(C(C)(C)O)n3)nn2)nc(N)n1. The average molecular weight is 426 g/mol. The maximum atomic E-state index is 10.2. The predicted octanol–water partition coefficient (Wildman–Crippen LogP) is 2.84. The minimum Gasteiger partial charge on any atom is -0.384 e. The first kappa shape index (κ1) is 21.1. The first-order valence-electron chi connectivity index (χ1n) is 9.98. The van der Waals surface area contributed by atoms with Gasteiger partial charge in [-0.1, -0.05) is 23.4 Å². The van der Waals surface area contributed by atoms with Crippen molar-refractivity contribution in [3.63, 3.8) is 0 Å². The van der Waals surface area contributed by atoms with Crippen molar-refractivity contribution in [3.8, 4) is 28.7 Å². The Morgan fingerprint density at radius 3 is 2.56 bits per heavy atom. The van der Waals surface area contributed by atoms with E-state index < -0.39 is 5.60 Å². The standard InChI is InChI=1S/C23H22N8O/c1-14-15(11-24)6-4-8-17(14)18-10-19(28-22(25)27-18)20-13-31(30-29-20)12-16-7-5-9-21(26-16)23(2,3)32/h4-10,13,32H,12H2,1-3H3,(H2,25,27,28). The first-order valence-corrected chi connectivity index (χ1v) is 9.98. The second kappa shape index (κ2) is 8.17. The number of pyridine rings is 1. The number of nitrogens with zero attached hydrogens (tertiary/aromatic N) is 7. The fourth-order valence-electron chi connectivity index (χ4n) is 3.34. The summed E-state index contributed by atoms with van der Waals surface area (Å²) >= 11 is 0. The van der Waals surface area contributed by atoms with Gasteiger partial charge in [0.15, 0.2) is 0 Å². The van der Waals surface area contributed by atoms with Gasteiger partial charge in [-0.2, -0.15) is 5.26 Å². The van der Waals surface area contributed by atoms with Gasteiger partial charge in [0.05, 0.1) is 47.1 Å². The molecule has 0 aliphatic carbocycles. The van der Waals surface area contributed by atoms with E-state index >= 15 is 0 Å². The predicted molar refractivity (Wildman–Crippen MR) is 119 cm³/mol. The molecule has 3 aromatic heterocycles. The largest absolute Gasteiger partial charge is 0.384 e. The lowest BCUT2D eigenvalue weighted by Crippen LogP contribution is -2.18. The number of anilines is 1. The van der Waals surface area contributed by atoms with Crippen molar-refractivity contribution in [1.82, 2.24) is 29.9 Å². The summed E-state index contributed by atoms with van der Waals surface area (Å²) < 4.78 is 1.64. The zero-order chi connectivity index (χ0) is 22.9. The molecule has 4 rings (SSSR count). The van der Waals surface area contributed by atoms with E-state index in [1.54, 1.807) is 42.9 Å². The average Bonchev–Trinajstić information content (AvgIpc) is 3.21. The molecule has 0 fully saturated rings. The second-order valence-corrected chi connectivity index (χ2v) is 7.96. The minimum absolute atomic E-state index is 0.105.